The highest BCUT2D eigenvalue weighted by molar-refractivity contribution is 6.31. The molecule has 1 N–H and O–H groups in total. The lowest BCUT2D eigenvalue weighted by Gasteiger charge is -2.27. The number of hydrogen-bond acceptors (Lipinski definition) is 6. The lowest BCUT2D eigenvalue weighted by Crippen LogP contribution is -2.37. The van der Waals surface area contributed by atoms with E-state index in [1.165, 1.54) is 6.07 Å². The third-order valence-corrected chi connectivity index (χ3v) is 3.80. The Labute approximate surface area is 143 Å². The van der Waals surface area contributed by atoms with E-state index in [4.69, 9.17) is 21.6 Å². The minimum absolute atomic E-state index is 0.163. The van der Waals surface area contributed by atoms with Crippen molar-refractivity contribution in [1.29, 1.82) is 5.26 Å². The second kappa shape index (κ2) is 7.25. The lowest BCUT2D eigenvalue weighted by atomic mass is 10.2. The molecule has 1 aliphatic heterocycles. The van der Waals surface area contributed by atoms with Gasteiger partial charge in [0.25, 0.3) is 5.91 Å². The zero-order valence-electron chi connectivity index (χ0n) is 12.7. The van der Waals surface area contributed by atoms with Crippen molar-refractivity contribution < 1.29 is 9.53 Å². The molecule has 3 rings (SSSR count). The van der Waals surface area contributed by atoms with Gasteiger partial charge >= 0.3 is 0 Å². The van der Waals surface area contributed by atoms with E-state index in [0.29, 0.717) is 35.3 Å². The summed E-state index contributed by atoms with van der Waals surface area (Å²) in [5.74, 6) is 0.255. The maximum absolute atomic E-state index is 12.3. The van der Waals surface area contributed by atoms with Gasteiger partial charge in [0.1, 0.15) is 6.07 Å². The van der Waals surface area contributed by atoms with Crippen LogP contribution in [0, 0.1) is 11.3 Å². The molecule has 122 valence electrons. The van der Waals surface area contributed by atoms with Crippen LogP contribution in [0.2, 0.25) is 5.02 Å². The van der Waals surface area contributed by atoms with Crippen molar-refractivity contribution >= 4 is 29.0 Å². The highest BCUT2D eigenvalue weighted by Gasteiger charge is 2.15. The van der Waals surface area contributed by atoms with Crippen LogP contribution in [-0.4, -0.2) is 42.4 Å². The van der Waals surface area contributed by atoms with E-state index in [-0.39, 0.29) is 5.69 Å². The van der Waals surface area contributed by atoms with Gasteiger partial charge in [-0.3, -0.25) is 4.79 Å². The summed E-state index contributed by atoms with van der Waals surface area (Å²) in [6.07, 6.45) is 0. The Kier molecular flexibility index (Phi) is 4.89. The number of carbonyl (C=O) groups excluding carboxylic acids is 1. The van der Waals surface area contributed by atoms with E-state index >= 15 is 0 Å². The van der Waals surface area contributed by atoms with Gasteiger partial charge in [0, 0.05) is 18.1 Å². The number of aromatic nitrogens is 2. The summed E-state index contributed by atoms with van der Waals surface area (Å²) in [4.78, 5) is 14.3. The number of benzene rings is 1. The molecule has 0 bridgehead atoms. The van der Waals surface area contributed by atoms with Crippen LogP contribution >= 0.6 is 11.6 Å². The van der Waals surface area contributed by atoms with E-state index in [9.17, 15) is 4.79 Å². The smallest absolute Gasteiger partial charge is 0.276 e. The number of halogens is 1. The molecule has 2 heterocycles. The highest BCUT2D eigenvalue weighted by Crippen LogP contribution is 2.21. The molecule has 1 fully saturated rings. The molecule has 1 amide bonds. The van der Waals surface area contributed by atoms with Crippen LogP contribution in [0.3, 0.4) is 0 Å². The number of anilines is 2. The van der Waals surface area contributed by atoms with Crippen molar-refractivity contribution in [3.05, 3.63) is 46.6 Å². The average Bonchev–Trinajstić information content (AvgIpc) is 2.63. The van der Waals surface area contributed by atoms with Crippen molar-refractivity contribution in [2.75, 3.05) is 36.5 Å². The SMILES string of the molecule is N#Cc1ccc(Cl)cc1NC(=O)c1ccc(N2CCOCC2)nn1. The molecular weight excluding hydrogens is 330 g/mol. The zero-order chi connectivity index (χ0) is 16.9. The van der Waals surface area contributed by atoms with E-state index in [2.05, 4.69) is 15.5 Å². The highest BCUT2D eigenvalue weighted by atomic mass is 35.5. The van der Waals surface area contributed by atoms with Crippen LogP contribution in [0.1, 0.15) is 16.1 Å². The first-order chi connectivity index (χ1) is 11.7. The lowest BCUT2D eigenvalue weighted by molar-refractivity contribution is 0.102. The monoisotopic (exact) mass is 343 g/mol. The first kappa shape index (κ1) is 16.2. The second-order valence-corrected chi connectivity index (χ2v) is 5.57. The molecule has 1 aromatic carbocycles. The molecule has 1 aliphatic rings. The number of hydrogen-bond donors (Lipinski definition) is 1. The van der Waals surface area contributed by atoms with Crippen LogP contribution in [0.25, 0.3) is 0 Å². The van der Waals surface area contributed by atoms with E-state index in [1.54, 1.807) is 24.3 Å². The van der Waals surface area contributed by atoms with Gasteiger partial charge in [-0.15, -0.1) is 10.2 Å². The van der Waals surface area contributed by atoms with Crippen molar-refractivity contribution in [3.8, 4) is 6.07 Å². The summed E-state index contributed by atoms with van der Waals surface area (Å²) in [6.45, 7) is 2.79. The summed E-state index contributed by atoms with van der Waals surface area (Å²) in [5.41, 5.74) is 0.829. The zero-order valence-corrected chi connectivity index (χ0v) is 13.5. The fourth-order valence-corrected chi connectivity index (χ4v) is 2.48. The Morgan fingerprint density at radius 1 is 1.25 bits per heavy atom. The molecule has 24 heavy (non-hydrogen) atoms. The molecule has 8 heteroatoms. The molecule has 1 saturated heterocycles. The maximum Gasteiger partial charge on any atom is 0.276 e. The molecule has 0 saturated carbocycles. The van der Waals surface area contributed by atoms with Crippen LogP contribution < -0.4 is 10.2 Å². The second-order valence-electron chi connectivity index (χ2n) is 5.13. The van der Waals surface area contributed by atoms with Crippen LogP contribution in [0.15, 0.2) is 30.3 Å². The number of morpholine rings is 1. The largest absolute Gasteiger partial charge is 0.378 e. The third kappa shape index (κ3) is 3.62. The predicted molar refractivity (Wildman–Crippen MR) is 89.2 cm³/mol. The topological polar surface area (TPSA) is 91.1 Å². The van der Waals surface area contributed by atoms with Crippen LogP contribution in [-0.2, 0) is 4.74 Å². The number of carbonyl (C=O) groups is 1. The minimum Gasteiger partial charge on any atom is -0.378 e. The summed E-state index contributed by atoms with van der Waals surface area (Å²) in [5, 5.41) is 20.2. The minimum atomic E-state index is -0.449. The number of nitrogens with one attached hydrogen (secondary N) is 1. The molecule has 0 spiro atoms. The average molecular weight is 344 g/mol. The van der Waals surface area contributed by atoms with Gasteiger partial charge in [-0.05, 0) is 30.3 Å². The fraction of sp³-hybridized carbons (Fsp3) is 0.250. The normalized spacial score (nSPS) is 14.1. The van der Waals surface area contributed by atoms with Gasteiger partial charge in [-0.2, -0.15) is 5.26 Å². The first-order valence-corrected chi connectivity index (χ1v) is 7.72. The molecule has 0 radical (unpaired) electrons. The molecule has 7 nitrogen and oxygen atoms in total. The van der Waals surface area contributed by atoms with Crippen LogP contribution in [0.5, 0.6) is 0 Å². The summed E-state index contributed by atoms with van der Waals surface area (Å²) in [7, 11) is 0. The van der Waals surface area contributed by atoms with Crippen molar-refractivity contribution in [3.63, 3.8) is 0 Å². The fourth-order valence-electron chi connectivity index (χ4n) is 2.31. The Bertz CT molecular complexity index is 782. The number of rotatable bonds is 3. The molecule has 2 aromatic rings. The number of amides is 1. The van der Waals surface area contributed by atoms with Crippen molar-refractivity contribution in [2.45, 2.75) is 0 Å². The van der Waals surface area contributed by atoms with E-state index < -0.39 is 5.91 Å². The van der Waals surface area contributed by atoms with Gasteiger partial charge < -0.3 is 15.0 Å². The van der Waals surface area contributed by atoms with Crippen molar-refractivity contribution in [1.82, 2.24) is 10.2 Å². The summed E-state index contributed by atoms with van der Waals surface area (Å²) in [6, 6.07) is 10.0. The Hall–Kier alpha value is -2.69. The van der Waals surface area contributed by atoms with Gasteiger partial charge in [0.05, 0.1) is 24.5 Å². The van der Waals surface area contributed by atoms with Gasteiger partial charge in [0.15, 0.2) is 11.5 Å². The van der Waals surface area contributed by atoms with Gasteiger partial charge in [-0.1, -0.05) is 11.6 Å². The quantitative estimate of drug-likeness (QED) is 0.917. The molecular formula is C16H14ClN5O2. The van der Waals surface area contributed by atoms with Gasteiger partial charge in [0.2, 0.25) is 0 Å². The molecule has 1 aromatic heterocycles. The van der Waals surface area contributed by atoms with E-state index in [1.807, 2.05) is 11.0 Å². The predicted octanol–water partition coefficient (Wildman–Crippen LogP) is 2.09. The first-order valence-electron chi connectivity index (χ1n) is 7.35. The molecule has 0 atom stereocenters. The van der Waals surface area contributed by atoms with Gasteiger partial charge in [-0.25, -0.2) is 0 Å². The number of ether oxygens (including phenoxy) is 1. The molecule has 0 unspecified atom stereocenters. The maximum atomic E-state index is 12.3. The Morgan fingerprint density at radius 3 is 2.71 bits per heavy atom. The Balaban J connectivity index is 1.74. The van der Waals surface area contributed by atoms with E-state index in [0.717, 1.165) is 13.1 Å². The standard InChI is InChI=1S/C16H14ClN5O2/c17-12-2-1-11(10-18)14(9-12)19-16(23)13-3-4-15(21-20-13)22-5-7-24-8-6-22/h1-4,9H,5-8H2,(H,19,23). The number of nitrogens with zero attached hydrogens (tertiary/aromatic N) is 4. The Morgan fingerprint density at radius 2 is 2.04 bits per heavy atom. The van der Waals surface area contributed by atoms with Crippen LogP contribution in [0.4, 0.5) is 11.5 Å². The number of nitriles is 1. The summed E-state index contributed by atoms with van der Waals surface area (Å²) < 4.78 is 5.29. The summed E-state index contributed by atoms with van der Waals surface area (Å²) >= 11 is 5.91. The third-order valence-electron chi connectivity index (χ3n) is 3.57. The molecule has 0 aliphatic carbocycles. The van der Waals surface area contributed by atoms with Crippen molar-refractivity contribution in [2.24, 2.45) is 0 Å².